The van der Waals surface area contributed by atoms with E-state index in [1.165, 1.54) is 39.8 Å². The summed E-state index contributed by atoms with van der Waals surface area (Å²) in [5, 5.41) is 2.32. The molecule has 1 heterocycles. The number of ether oxygens (including phenoxy) is 1. The van der Waals surface area contributed by atoms with Gasteiger partial charge in [0.15, 0.2) is 5.60 Å². The summed E-state index contributed by atoms with van der Waals surface area (Å²) in [4.78, 5) is 0. The second kappa shape index (κ2) is 7.05. The van der Waals surface area contributed by atoms with Gasteiger partial charge >= 0.3 is 0 Å². The van der Waals surface area contributed by atoms with E-state index in [2.05, 4.69) is 92.8 Å². The molecular weight excluding hydrogens is 431 g/mol. The van der Waals surface area contributed by atoms with E-state index in [1.54, 1.807) is 0 Å². The van der Waals surface area contributed by atoms with Gasteiger partial charge in [0, 0.05) is 21.9 Å². The van der Waals surface area contributed by atoms with Crippen molar-refractivity contribution in [3.63, 3.8) is 0 Å². The van der Waals surface area contributed by atoms with Gasteiger partial charge in [0.05, 0.1) is 0 Å². The number of rotatable bonds is 2. The molecule has 4 aromatic rings. The van der Waals surface area contributed by atoms with Crippen molar-refractivity contribution >= 4 is 16.8 Å². The average Bonchev–Trinajstić information content (AvgIpc) is 3.51. The van der Waals surface area contributed by atoms with Crippen LogP contribution >= 0.6 is 0 Å². The molecule has 2 heteroatoms. The predicted octanol–water partition coefficient (Wildman–Crippen LogP) is 8.47. The average molecular weight is 457 g/mol. The molecule has 0 bridgehead atoms. The Balaban J connectivity index is 1.55. The summed E-state index contributed by atoms with van der Waals surface area (Å²) in [5.41, 5.74) is 7.57. The highest BCUT2D eigenvalue weighted by Crippen LogP contribution is 2.58. The van der Waals surface area contributed by atoms with Crippen LogP contribution in [0.5, 0.6) is 5.75 Å². The third-order valence-corrected chi connectivity index (χ3v) is 7.97. The Bertz CT molecular complexity index is 1620. The van der Waals surface area contributed by atoms with Gasteiger partial charge in [-0.3, -0.25) is 0 Å². The highest BCUT2D eigenvalue weighted by molar-refractivity contribution is 6.08. The van der Waals surface area contributed by atoms with Gasteiger partial charge in [0.2, 0.25) is 0 Å². The molecule has 0 N–H and O–H groups in total. The van der Waals surface area contributed by atoms with Crippen LogP contribution in [0.25, 0.3) is 28.0 Å². The molecule has 1 atom stereocenters. The van der Waals surface area contributed by atoms with E-state index in [-0.39, 0.29) is 11.2 Å². The molecule has 0 saturated heterocycles. The molecule has 1 aliphatic heterocycles. The summed E-state index contributed by atoms with van der Waals surface area (Å²) < 4.78 is 21.0. The van der Waals surface area contributed by atoms with Crippen molar-refractivity contribution in [1.82, 2.24) is 0 Å². The van der Waals surface area contributed by atoms with E-state index in [0.29, 0.717) is 0 Å². The number of benzene rings is 4. The van der Waals surface area contributed by atoms with Crippen LogP contribution in [0.15, 0.2) is 103 Å². The Kier molecular flexibility index (Phi) is 4.12. The zero-order chi connectivity index (χ0) is 23.8. The van der Waals surface area contributed by atoms with E-state index in [4.69, 9.17) is 4.74 Å². The first-order chi connectivity index (χ1) is 17.0. The number of halogens is 1. The van der Waals surface area contributed by atoms with Gasteiger partial charge in [-0.15, -0.1) is 0 Å². The molecule has 7 rings (SSSR count). The van der Waals surface area contributed by atoms with E-state index in [9.17, 15) is 4.39 Å². The summed E-state index contributed by atoms with van der Waals surface area (Å²) in [6.45, 7) is 4.62. The lowest BCUT2D eigenvalue weighted by atomic mass is 9.76. The summed E-state index contributed by atoms with van der Waals surface area (Å²) in [6.07, 6.45) is 11.6. The maximum absolute atomic E-state index is 13.9. The lowest BCUT2D eigenvalue weighted by Gasteiger charge is -2.39. The van der Waals surface area contributed by atoms with Gasteiger partial charge < -0.3 is 4.74 Å². The fraction of sp³-hybridized carbons (Fsp3) is 0.152. The summed E-state index contributed by atoms with van der Waals surface area (Å²) in [6, 6.07) is 24.1. The maximum atomic E-state index is 13.9. The minimum absolute atomic E-state index is 0.155. The first-order valence-electron chi connectivity index (χ1n) is 12.2. The zero-order valence-corrected chi connectivity index (χ0v) is 19.8. The molecule has 0 aromatic heterocycles. The first kappa shape index (κ1) is 20.5. The van der Waals surface area contributed by atoms with Crippen LogP contribution in [-0.4, -0.2) is 0 Å². The fourth-order valence-corrected chi connectivity index (χ4v) is 6.33. The van der Waals surface area contributed by atoms with Crippen LogP contribution < -0.4 is 4.74 Å². The normalized spacial score (nSPS) is 20.8. The molecule has 2 aliphatic carbocycles. The molecular formula is C33H25FO. The van der Waals surface area contributed by atoms with Gasteiger partial charge in [0.1, 0.15) is 11.6 Å². The Hall–Kier alpha value is -3.91. The molecule has 3 aliphatic rings. The number of allylic oxidation sites excluding steroid dienone is 3. The highest BCUT2D eigenvalue weighted by atomic mass is 19.1. The number of hydrogen-bond donors (Lipinski definition) is 0. The molecule has 0 fully saturated rings. The van der Waals surface area contributed by atoms with Crippen LogP contribution in [0.2, 0.25) is 0 Å². The largest absolute Gasteiger partial charge is 0.473 e. The predicted molar refractivity (Wildman–Crippen MR) is 141 cm³/mol. The van der Waals surface area contributed by atoms with Gasteiger partial charge in [-0.1, -0.05) is 98.8 Å². The van der Waals surface area contributed by atoms with Crippen LogP contribution in [0.4, 0.5) is 4.39 Å². The SMILES string of the molecule is CC1(C)c2ccccc2-c2c1c1c(c3ccccc23)OC(C2=CC=CC2)(c2ccc(F)cc2)C=C1. The second-order valence-electron chi connectivity index (χ2n) is 10.2. The van der Waals surface area contributed by atoms with Crippen molar-refractivity contribution < 1.29 is 9.13 Å². The molecule has 0 saturated carbocycles. The second-order valence-corrected chi connectivity index (χ2v) is 10.2. The lowest BCUT2D eigenvalue weighted by molar-refractivity contribution is 0.156. The highest BCUT2D eigenvalue weighted by Gasteiger charge is 2.44. The van der Waals surface area contributed by atoms with E-state index in [1.807, 2.05) is 12.1 Å². The van der Waals surface area contributed by atoms with E-state index in [0.717, 1.165) is 34.3 Å². The first-order valence-corrected chi connectivity index (χ1v) is 12.2. The Morgan fingerprint density at radius 2 is 1.60 bits per heavy atom. The van der Waals surface area contributed by atoms with Gasteiger partial charge in [-0.05, 0) is 57.8 Å². The third-order valence-electron chi connectivity index (χ3n) is 7.97. The smallest absolute Gasteiger partial charge is 0.174 e. The van der Waals surface area contributed by atoms with Crippen molar-refractivity contribution in [2.24, 2.45) is 0 Å². The van der Waals surface area contributed by atoms with Gasteiger partial charge in [0.25, 0.3) is 0 Å². The van der Waals surface area contributed by atoms with Gasteiger partial charge in [-0.25, -0.2) is 4.39 Å². The molecule has 0 radical (unpaired) electrons. The molecule has 4 aromatic carbocycles. The number of hydrogen-bond acceptors (Lipinski definition) is 1. The molecule has 1 nitrogen and oxygen atoms in total. The molecule has 0 spiro atoms. The van der Waals surface area contributed by atoms with Crippen LogP contribution in [0, 0.1) is 5.82 Å². The summed E-state index contributed by atoms with van der Waals surface area (Å²) in [7, 11) is 0. The molecule has 0 amide bonds. The van der Waals surface area contributed by atoms with Crippen LogP contribution in [0.3, 0.4) is 0 Å². The van der Waals surface area contributed by atoms with Gasteiger partial charge in [-0.2, -0.15) is 0 Å². The molecule has 170 valence electrons. The minimum Gasteiger partial charge on any atom is -0.473 e. The van der Waals surface area contributed by atoms with Crippen molar-refractivity contribution in [3.05, 3.63) is 131 Å². The van der Waals surface area contributed by atoms with Crippen molar-refractivity contribution in [2.45, 2.75) is 31.3 Å². The van der Waals surface area contributed by atoms with E-state index >= 15 is 0 Å². The minimum atomic E-state index is -0.781. The van der Waals surface area contributed by atoms with Crippen LogP contribution in [-0.2, 0) is 11.0 Å². The van der Waals surface area contributed by atoms with E-state index < -0.39 is 5.60 Å². The van der Waals surface area contributed by atoms with Crippen molar-refractivity contribution in [3.8, 4) is 16.9 Å². The summed E-state index contributed by atoms with van der Waals surface area (Å²) in [5.74, 6) is 0.658. The Labute approximate surface area is 204 Å². The Morgan fingerprint density at radius 1 is 0.857 bits per heavy atom. The zero-order valence-electron chi connectivity index (χ0n) is 19.8. The maximum Gasteiger partial charge on any atom is 0.174 e. The Morgan fingerprint density at radius 3 is 2.37 bits per heavy atom. The quantitative estimate of drug-likeness (QED) is 0.294. The number of fused-ring (bicyclic) bond motifs is 8. The molecule has 1 unspecified atom stereocenters. The van der Waals surface area contributed by atoms with Crippen molar-refractivity contribution in [2.75, 3.05) is 0 Å². The standard InChI is InChI=1S/C33H25FO/c1-32(2)28-14-8-7-13-26(28)29-24-11-5-6-12-25(24)31-27(30(29)32)19-20-33(35-31,21-9-3-4-10-21)22-15-17-23(34)18-16-22/h3-9,11-20H,10H2,1-2H3. The third kappa shape index (κ3) is 2.68. The molecule has 35 heavy (non-hydrogen) atoms. The van der Waals surface area contributed by atoms with Crippen LogP contribution in [0.1, 0.15) is 42.5 Å². The lowest BCUT2D eigenvalue weighted by Crippen LogP contribution is -2.35. The van der Waals surface area contributed by atoms with Crippen molar-refractivity contribution in [1.29, 1.82) is 0 Å². The fourth-order valence-electron chi connectivity index (χ4n) is 6.33. The monoisotopic (exact) mass is 456 g/mol. The summed E-state index contributed by atoms with van der Waals surface area (Å²) >= 11 is 0. The topological polar surface area (TPSA) is 9.23 Å².